The maximum atomic E-state index is 9.23. The summed E-state index contributed by atoms with van der Waals surface area (Å²) >= 11 is 0. The molecule has 0 heterocycles. The highest BCUT2D eigenvalue weighted by Crippen LogP contribution is 2.40. The van der Waals surface area contributed by atoms with Gasteiger partial charge in [0.25, 0.3) is 0 Å². The van der Waals surface area contributed by atoms with Gasteiger partial charge in [-0.25, -0.2) is 0 Å². The highest BCUT2D eigenvalue weighted by molar-refractivity contribution is 6.25. The summed E-state index contributed by atoms with van der Waals surface area (Å²) in [4.78, 5) is 0. The molecule has 184 valence electrons. The van der Waals surface area contributed by atoms with Crippen molar-refractivity contribution < 1.29 is 5.48 Å². The minimum Gasteiger partial charge on any atom is -0.0616 e. The summed E-state index contributed by atoms with van der Waals surface area (Å²) in [5, 5.41) is 13.1. The average molecular weight is 509 g/mol. The summed E-state index contributed by atoms with van der Waals surface area (Å²) < 4.78 is 36.9. The summed E-state index contributed by atoms with van der Waals surface area (Å²) in [5.41, 5.74) is 2.08. The van der Waals surface area contributed by atoms with Crippen LogP contribution in [0, 0.1) is 0 Å². The molecule has 0 saturated carbocycles. The third-order valence-corrected chi connectivity index (χ3v) is 8.44. The van der Waals surface area contributed by atoms with Gasteiger partial charge >= 0.3 is 0 Å². The molecule has 0 aliphatic heterocycles. The summed E-state index contributed by atoms with van der Waals surface area (Å²) in [6.07, 6.45) is 0. The van der Waals surface area contributed by atoms with Crippen LogP contribution < -0.4 is 0 Å². The third-order valence-electron chi connectivity index (χ3n) is 8.44. The van der Waals surface area contributed by atoms with Crippen molar-refractivity contribution in [2.75, 3.05) is 0 Å². The first-order valence-electron chi connectivity index (χ1n) is 15.6. The lowest BCUT2D eigenvalue weighted by Crippen LogP contribution is -1.88. The molecule has 0 spiro atoms. The van der Waals surface area contributed by atoms with Crippen LogP contribution in [0.15, 0.2) is 145 Å². The molecule has 0 saturated heterocycles. The number of hydrogen-bond acceptors (Lipinski definition) is 0. The van der Waals surface area contributed by atoms with E-state index in [0.717, 1.165) is 59.4 Å². The predicted molar refractivity (Wildman–Crippen MR) is 174 cm³/mol. The fourth-order valence-electron chi connectivity index (χ4n) is 6.53. The van der Waals surface area contributed by atoms with Gasteiger partial charge in [0.2, 0.25) is 0 Å². The van der Waals surface area contributed by atoms with Crippen LogP contribution in [-0.2, 0) is 0 Å². The van der Waals surface area contributed by atoms with Crippen molar-refractivity contribution in [2.24, 2.45) is 0 Å². The Morgan fingerprint density at radius 2 is 0.850 bits per heavy atom. The molecule has 0 aromatic heterocycles. The summed E-state index contributed by atoms with van der Waals surface area (Å²) in [6.45, 7) is 0. The highest BCUT2D eigenvalue weighted by Gasteiger charge is 2.13. The average Bonchev–Trinajstić information content (AvgIpc) is 3.06. The molecule has 9 aromatic rings. The van der Waals surface area contributed by atoms with Crippen LogP contribution in [0.1, 0.15) is 5.48 Å². The molecule has 0 heteroatoms. The molecule has 9 aromatic carbocycles. The van der Waals surface area contributed by atoms with Crippen LogP contribution in [0.3, 0.4) is 0 Å². The second-order valence-electron chi connectivity index (χ2n) is 10.6. The normalized spacial score (nSPS) is 13.4. The Bertz CT molecular complexity index is 2610. The second-order valence-corrected chi connectivity index (χ2v) is 10.6. The number of hydrogen-bond donors (Lipinski definition) is 0. The zero-order valence-electron chi connectivity index (χ0n) is 25.5. The predicted octanol–water partition coefficient (Wildman–Crippen LogP) is 11.4. The van der Waals surface area contributed by atoms with Crippen LogP contribution in [0.5, 0.6) is 0 Å². The maximum absolute atomic E-state index is 9.23. The Kier molecular flexibility index (Phi) is 3.70. The quantitative estimate of drug-likeness (QED) is 0.161. The van der Waals surface area contributed by atoms with Crippen molar-refractivity contribution in [2.45, 2.75) is 0 Å². The molecule has 0 aliphatic rings. The first kappa shape index (κ1) is 18.2. The number of rotatable bonds is 2. The van der Waals surface area contributed by atoms with E-state index in [0.29, 0.717) is 16.7 Å². The largest absolute Gasteiger partial charge is 0.0629 e. The van der Waals surface area contributed by atoms with Gasteiger partial charge in [0.15, 0.2) is 0 Å². The van der Waals surface area contributed by atoms with Gasteiger partial charge in [0.05, 0.1) is 5.48 Å². The molecule has 0 nitrogen and oxygen atoms in total. The van der Waals surface area contributed by atoms with Crippen molar-refractivity contribution >= 4 is 64.6 Å². The van der Waals surface area contributed by atoms with Gasteiger partial charge in [0.1, 0.15) is 0 Å². The summed E-state index contributed by atoms with van der Waals surface area (Å²) in [5.74, 6) is 0. The molecule has 9 rings (SSSR count). The Morgan fingerprint density at radius 1 is 0.325 bits per heavy atom. The van der Waals surface area contributed by atoms with Gasteiger partial charge in [-0.2, -0.15) is 0 Å². The monoisotopic (exact) mass is 508 g/mol. The first-order valence-corrected chi connectivity index (χ1v) is 13.6. The van der Waals surface area contributed by atoms with Crippen molar-refractivity contribution in [3.05, 3.63) is 145 Å². The van der Waals surface area contributed by atoms with Crippen LogP contribution in [0.2, 0.25) is 0 Å². The molecule has 0 N–H and O–H groups in total. The van der Waals surface area contributed by atoms with E-state index in [-0.39, 0.29) is 24.2 Å². The van der Waals surface area contributed by atoms with Crippen LogP contribution in [-0.4, -0.2) is 0 Å². The lowest BCUT2D eigenvalue weighted by molar-refractivity contribution is 1.63. The second kappa shape index (κ2) is 8.15. The highest BCUT2D eigenvalue weighted by atomic mass is 14.2. The van der Waals surface area contributed by atoms with E-state index < -0.39 is 0 Å². The molecule has 0 radical (unpaired) electrons. The Morgan fingerprint density at radius 3 is 1.68 bits per heavy atom. The SMILES string of the molecule is [2H]c1c([2H])c(-c2ccc3ccc4cccc5ccc2c3c45)c([2H])c([2H])c1-c1cccc2cc3c(ccc4ccccc43)cc12. The van der Waals surface area contributed by atoms with E-state index >= 15 is 0 Å². The van der Waals surface area contributed by atoms with Crippen LogP contribution >= 0.6 is 0 Å². The molecule has 0 unspecified atom stereocenters. The lowest BCUT2D eigenvalue weighted by atomic mass is 9.89. The fourth-order valence-corrected chi connectivity index (χ4v) is 6.53. The van der Waals surface area contributed by atoms with E-state index in [4.69, 9.17) is 0 Å². The zero-order chi connectivity index (χ0) is 29.7. The van der Waals surface area contributed by atoms with Gasteiger partial charge in [-0.15, -0.1) is 0 Å². The molecule has 0 bridgehead atoms. The lowest BCUT2D eigenvalue weighted by Gasteiger charge is -2.15. The van der Waals surface area contributed by atoms with Crippen molar-refractivity contribution in [3.8, 4) is 22.3 Å². The van der Waals surface area contributed by atoms with Crippen LogP contribution in [0.4, 0.5) is 0 Å². The molecule has 0 aliphatic carbocycles. The van der Waals surface area contributed by atoms with Crippen molar-refractivity contribution in [1.29, 1.82) is 0 Å². The summed E-state index contributed by atoms with van der Waals surface area (Å²) in [6, 6.07) is 41.3. The first-order chi connectivity index (χ1) is 21.5. The third kappa shape index (κ3) is 3.08. The number of fused-ring (bicyclic) bond motifs is 4. The molecular weight excluding hydrogens is 480 g/mol. The van der Waals surface area contributed by atoms with Gasteiger partial charge in [-0.3, -0.25) is 0 Å². The topological polar surface area (TPSA) is 0 Å². The Balaban J connectivity index is 1.30. The minimum atomic E-state index is -0.0298. The van der Waals surface area contributed by atoms with E-state index in [2.05, 4.69) is 91.0 Å². The van der Waals surface area contributed by atoms with Crippen molar-refractivity contribution in [1.82, 2.24) is 0 Å². The van der Waals surface area contributed by atoms with E-state index in [1.54, 1.807) is 0 Å². The van der Waals surface area contributed by atoms with Crippen LogP contribution in [0.25, 0.3) is 86.9 Å². The maximum Gasteiger partial charge on any atom is 0.0629 e. The van der Waals surface area contributed by atoms with Gasteiger partial charge < -0.3 is 0 Å². The Labute approximate surface area is 237 Å². The Hall–Kier alpha value is -5.20. The minimum absolute atomic E-state index is 0.0279. The molecule has 0 fully saturated rings. The van der Waals surface area contributed by atoms with Gasteiger partial charge in [-0.1, -0.05) is 133 Å². The van der Waals surface area contributed by atoms with Gasteiger partial charge in [-0.05, 0) is 99.0 Å². The van der Waals surface area contributed by atoms with E-state index in [1.807, 2.05) is 30.3 Å². The number of benzene rings is 9. The molecule has 0 amide bonds. The molecule has 0 atom stereocenters. The molecular formula is C40H24. The standard InChI is InChI=1S/C40H24/c1-2-9-33-25(5-1)15-18-32-24-37-31(23-38(32)33)8-4-10-34(37)26-11-13-27(14-12-26)35-21-19-30-17-16-28-6-3-7-29-20-22-36(35)40(30)39(28)29/h1-24H/i11D,12D,13D,14D. The smallest absolute Gasteiger partial charge is 0.0616 e. The van der Waals surface area contributed by atoms with Gasteiger partial charge in [0, 0.05) is 0 Å². The van der Waals surface area contributed by atoms with Crippen molar-refractivity contribution in [3.63, 3.8) is 0 Å². The molecule has 40 heavy (non-hydrogen) atoms. The zero-order valence-corrected chi connectivity index (χ0v) is 21.5. The fraction of sp³-hybridized carbons (Fsp3) is 0. The summed E-state index contributed by atoms with van der Waals surface area (Å²) in [7, 11) is 0. The van der Waals surface area contributed by atoms with E-state index in [9.17, 15) is 5.48 Å². The van der Waals surface area contributed by atoms with E-state index in [1.165, 1.54) is 10.8 Å².